The van der Waals surface area contributed by atoms with Crippen molar-refractivity contribution in [2.45, 2.75) is 11.8 Å². The Labute approximate surface area is 122 Å². The molecule has 0 bridgehead atoms. The Balaban J connectivity index is 2.01. The lowest BCUT2D eigenvalue weighted by atomic mass is 10.2. The second-order valence-corrected chi connectivity index (χ2v) is 5.90. The summed E-state index contributed by atoms with van der Waals surface area (Å²) in [5, 5.41) is 2.81. The summed E-state index contributed by atoms with van der Waals surface area (Å²) in [5.41, 5.74) is 6.32. The second kappa shape index (κ2) is 6.76. The van der Waals surface area contributed by atoms with Gasteiger partial charge in [0, 0.05) is 11.4 Å². The van der Waals surface area contributed by atoms with Crippen LogP contribution >= 0.6 is 11.8 Å². The number of fused-ring (bicyclic) bond motifs is 1. The molecule has 1 atom stereocenters. The van der Waals surface area contributed by atoms with Crippen molar-refractivity contribution in [2.75, 3.05) is 30.3 Å². The van der Waals surface area contributed by atoms with E-state index in [4.69, 9.17) is 5.73 Å². The number of hydrogen-bond donors (Lipinski definition) is 2. The smallest absolute Gasteiger partial charge is 0.240 e. The van der Waals surface area contributed by atoms with Crippen molar-refractivity contribution in [3.05, 3.63) is 24.3 Å². The number of carbonyl (C=O) groups excluding carboxylic acids is 2. The van der Waals surface area contributed by atoms with E-state index in [0.717, 1.165) is 10.6 Å². The summed E-state index contributed by atoms with van der Waals surface area (Å²) in [6.07, 6.45) is 0. The lowest BCUT2D eigenvalue weighted by molar-refractivity contribution is -0.123. The molecule has 0 fully saturated rings. The third-order valence-corrected chi connectivity index (χ3v) is 4.21. The monoisotopic (exact) mass is 293 g/mol. The van der Waals surface area contributed by atoms with Gasteiger partial charge in [0.15, 0.2) is 0 Å². The Hall–Kier alpha value is -1.53. The molecule has 1 aromatic carbocycles. The Morgan fingerprint density at radius 2 is 2.25 bits per heavy atom. The first-order valence-corrected chi connectivity index (χ1v) is 7.59. The molecule has 0 saturated carbocycles. The standard InChI is InChI=1S/C14H19N3O2S/c1-10(6-15)7-16-13(18)8-17-11-4-2-3-5-12(11)20-9-14(17)19/h2-5,10H,6-9,15H2,1H3,(H,16,18). The van der Waals surface area contributed by atoms with Gasteiger partial charge in [-0.15, -0.1) is 11.8 Å². The molecule has 0 spiro atoms. The summed E-state index contributed by atoms with van der Waals surface area (Å²) in [6.45, 7) is 3.10. The topological polar surface area (TPSA) is 75.4 Å². The van der Waals surface area contributed by atoms with Gasteiger partial charge in [0.25, 0.3) is 0 Å². The van der Waals surface area contributed by atoms with Crippen LogP contribution in [-0.4, -0.2) is 37.2 Å². The molecule has 1 aliphatic rings. The van der Waals surface area contributed by atoms with Crippen LogP contribution in [-0.2, 0) is 9.59 Å². The van der Waals surface area contributed by atoms with Gasteiger partial charge in [-0.2, -0.15) is 0 Å². The Kier molecular flexibility index (Phi) is 5.03. The van der Waals surface area contributed by atoms with Gasteiger partial charge in [-0.05, 0) is 24.6 Å². The fourth-order valence-corrected chi connectivity index (χ4v) is 2.83. The number of thioether (sulfide) groups is 1. The molecule has 1 unspecified atom stereocenters. The number of anilines is 1. The SMILES string of the molecule is CC(CN)CNC(=O)CN1C(=O)CSc2ccccc21. The number of amides is 2. The van der Waals surface area contributed by atoms with Crippen LogP contribution in [0.2, 0.25) is 0 Å². The average molecular weight is 293 g/mol. The third-order valence-electron chi connectivity index (χ3n) is 3.16. The zero-order valence-corrected chi connectivity index (χ0v) is 12.3. The molecule has 108 valence electrons. The summed E-state index contributed by atoms with van der Waals surface area (Å²) in [5.74, 6) is 0.429. The van der Waals surface area contributed by atoms with Crippen LogP contribution in [0.25, 0.3) is 0 Å². The Morgan fingerprint density at radius 1 is 1.50 bits per heavy atom. The highest BCUT2D eigenvalue weighted by Crippen LogP contribution is 2.34. The molecule has 6 heteroatoms. The van der Waals surface area contributed by atoms with Gasteiger partial charge >= 0.3 is 0 Å². The number of nitrogens with zero attached hydrogens (tertiary/aromatic N) is 1. The predicted molar refractivity (Wildman–Crippen MR) is 80.7 cm³/mol. The van der Waals surface area contributed by atoms with Gasteiger partial charge in [-0.25, -0.2) is 0 Å². The van der Waals surface area contributed by atoms with E-state index in [0.29, 0.717) is 18.8 Å². The molecule has 2 amide bonds. The fourth-order valence-electron chi connectivity index (χ4n) is 1.90. The highest BCUT2D eigenvalue weighted by molar-refractivity contribution is 8.00. The molecule has 1 aromatic rings. The lowest BCUT2D eigenvalue weighted by Crippen LogP contribution is -2.44. The maximum atomic E-state index is 12.0. The molecule has 0 saturated heterocycles. The number of nitrogens with one attached hydrogen (secondary N) is 1. The first kappa shape index (κ1) is 14.9. The molecular formula is C14H19N3O2S. The number of nitrogens with two attached hydrogens (primary N) is 1. The van der Waals surface area contributed by atoms with Gasteiger partial charge in [0.2, 0.25) is 11.8 Å². The molecule has 20 heavy (non-hydrogen) atoms. The normalized spacial score (nSPS) is 15.7. The number of para-hydroxylation sites is 1. The number of benzene rings is 1. The maximum Gasteiger partial charge on any atom is 0.240 e. The average Bonchev–Trinajstić information content (AvgIpc) is 2.47. The van der Waals surface area contributed by atoms with E-state index in [1.807, 2.05) is 31.2 Å². The first-order valence-electron chi connectivity index (χ1n) is 6.60. The number of hydrogen-bond acceptors (Lipinski definition) is 4. The zero-order chi connectivity index (χ0) is 14.5. The van der Waals surface area contributed by atoms with E-state index in [9.17, 15) is 9.59 Å². The van der Waals surface area contributed by atoms with Crippen molar-refractivity contribution in [3.63, 3.8) is 0 Å². The van der Waals surface area contributed by atoms with Crippen LogP contribution < -0.4 is 16.0 Å². The van der Waals surface area contributed by atoms with Gasteiger partial charge in [-0.1, -0.05) is 19.1 Å². The molecule has 2 rings (SSSR count). The summed E-state index contributed by atoms with van der Waals surface area (Å²) in [7, 11) is 0. The van der Waals surface area contributed by atoms with Gasteiger partial charge in [0.1, 0.15) is 6.54 Å². The quantitative estimate of drug-likeness (QED) is 0.843. The predicted octanol–water partition coefficient (Wildman–Crippen LogP) is 0.836. The third kappa shape index (κ3) is 3.52. The van der Waals surface area contributed by atoms with Crippen molar-refractivity contribution < 1.29 is 9.59 Å². The highest BCUT2D eigenvalue weighted by Gasteiger charge is 2.26. The van der Waals surface area contributed by atoms with Crippen LogP contribution in [0, 0.1) is 5.92 Å². The van der Waals surface area contributed by atoms with Crippen molar-refractivity contribution >= 4 is 29.3 Å². The van der Waals surface area contributed by atoms with Crippen molar-refractivity contribution in [1.29, 1.82) is 0 Å². The number of carbonyl (C=O) groups is 2. The summed E-state index contributed by atoms with van der Waals surface area (Å²) >= 11 is 1.51. The number of rotatable bonds is 5. The van der Waals surface area contributed by atoms with Crippen LogP contribution in [0.15, 0.2) is 29.2 Å². The van der Waals surface area contributed by atoms with Gasteiger partial charge in [0.05, 0.1) is 11.4 Å². The Bertz CT molecular complexity index is 507. The lowest BCUT2D eigenvalue weighted by Gasteiger charge is -2.28. The minimum absolute atomic E-state index is 0.0317. The van der Waals surface area contributed by atoms with Crippen LogP contribution in [0.4, 0.5) is 5.69 Å². The maximum absolute atomic E-state index is 12.0. The molecule has 3 N–H and O–H groups in total. The minimum Gasteiger partial charge on any atom is -0.354 e. The van der Waals surface area contributed by atoms with E-state index in [2.05, 4.69) is 5.32 Å². The van der Waals surface area contributed by atoms with E-state index in [1.165, 1.54) is 11.8 Å². The molecule has 0 aromatic heterocycles. The van der Waals surface area contributed by atoms with Crippen molar-refractivity contribution in [1.82, 2.24) is 5.32 Å². The molecular weight excluding hydrogens is 274 g/mol. The summed E-state index contributed by atoms with van der Waals surface area (Å²) < 4.78 is 0. The van der Waals surface area contributed by atoms with E-state index >= 15 is 0 Å². The van der Waals surface area contributed by atoms with Crippen LogP contribution in [0.1, 0.15) is 6.92 Å². The molecule has 5 nitrogen and oxygen atoms in total. The van der Waals surface area contributed by atoms with Crippen molar-refractivity contribution in [3.8, 4) is 0 Å². The van der Waals surface area contributed by atoms with E-state index < -0.39 is 0 Å². The Morgan fingerprint density at radius 3 is 3.00 bits per heavy atom. The fraction of sp³-hybridized carbons (Fsp3) is 0.429. The first-order chi connectivity index (χ1) is 9.61. The van der Waals surface area contributed by atoms with E-state index in [-0.39, 0.29) is 24.3 Å². The summed E-state index contributed by atoms with van der Waals surface area (Å²) in [6, 6.07) is 7.64. The highest BCUT2D eigenvalue weighted by atomic mass is 32.2. The van der Waals surface area contributed by atoms with Gasteiger partial charge < -0.3 is 16.0 Å². The van der Waals surface area contributed by atoms with E-state index in [1.54, 1.807) is 4.90 Å². The van der Waals surface area contributed by atoms with Gasteiger partial charge in [-0.3, -0.25) is 9.59 Å². The molecule has 0 radical (unpaired) electrons. The largest absolute Gasteiger partial charge is 0.354 e. The molecule has 1 heterocycles. The zero-order valence-electron chi connectivity index (χ0n) is 11.5. The van der Waals surface area contributed by atoms with Crippen LogP contribution in [0.3, 0.4) is 0 Å². The minimum atomic E-state index is -0.152. The van der Waals surface area contributed by atoms with Crippen molar-refractivity contribution in [2.24, 2.45) is 11.7 Å². The van der Waals surface area contributed by atoms with Crippen LogP contribution in [0.5, 0.6) is 0 Å². The molecule has 0 aliphatic carbocycles. The second-order valence-electron chi connectivity index (χ2n) is 4.88. The molecule has 1 aliphatic heterocycles. The summed E-state index contributed by atoms with van der Waals surface area (Å²) in [4.78, 5) is 26.5.